The predicted molar refractivity (Wildman–Crippen MR) is 238 cm³/mol. The van der Waals surface area contributed by atoms with Gasteiger partial charge in [0.1, 0.15) is 42.2 Å². The molecule has 4 amide bonds. The first-order valence-corrected chi connectivity index (χ1v) is 24.7. The van der Waals surface area contributed by atoms with Crippen molar-refractivity contribution in [3.8, 4) is 11.6 Å². The minimum Gasteiger partial charge on any atom is -0.491 e. The molecule has 5 heterocycles. The van der Waals surface area contributed by atoms with Crippen LogP contribution in [0.25, 0.3) is 10.9 Å². The first kappa shape index (κ1) is 46.0. The highest BCUT2D eigenvalue weighted by molar-refractivity contribution is 7.87. The normalized spacial score (nSPS) is 29.7. The summed E-state index contributed by atoms with van der Waals surface area (Å²) in [5, 5.41) is 6.61. The van der Waals surface area contributed by atoms with Crippen molar-refractivity contribution < 1.29 is 46.5 Å². The molecule has 18 heteroatoms. The number of hydrogen-bond acceptors (Lipinski definition) is 12. The zero-order valence-corrected chi connectivity index (χ0v) is 38.3. The van der Waals surface area contributed by atoms with E-state index >= 15 is 0 Å². The number of para-hydroxylation sites is 1. The van der Waals surface area contributed by atoms with E-state index in [4.69, 9.17) is 23.9 Å². The fourth-order valence-electron chi connectivity index (χ4n) is 9.93. The number of carbonyl (C=O) groups is 4. The van der Waals surface area contributed by atoms with Crippen LogP contribution in [0.2, 0.25) is 0 Å². The maximum atomic E-state index is 15.0. The summed E-state index contributed by atoms with van der Waals surface area (Å²) in [5.74, 6) is -1.32. The Morgan fingerprint density at radius 2 is 1.78 bits per heavy atom. The summed E-state index contributed by atoms with van der Waals surface area (Å²) >= 11 is 0. The molecular weight excluding hydrogens is 843 g/mol. The highest BCUT2D eigenvalue weighted by atomic mass is 32.2. The van der Waals surface area contributed by atoms with Crippen LogP contribution in [-0.4, -0.2) is 140 Å². The van der Waals surface area contributed by atoms with E-state index in [1.807, 2.05) is 45.0 Å². The number of carbonyl (C=O) groups excluding carboxylic acids is 4. The fraction of sp³-hybridized carbons (Fsp3) is 0.674. The number of aromatic nitrogens is 1. The van der Waals surface area contributed by atoms with E-state index in [0.29, 0.717) is 62.9 Å². The minimum atomic E-state index is -4.12. The first-order chi connectivity index (χ1) is 30.7. The zero-order valence-electron chi connectivity index (χ0n) is 37.5. The van der Waals surface area contributed by atoms with Crippen LogP contribution >= 0.6 is 0 Å². The molecule has 1 aromatic carbocycles. The molecule has 4 aliphatic heterocycles. The SMILES string of the molecule is C=C[C@@H]1C[C@]1(NC(=O)[C@@H]1C[C@@H]2CN1C(=O)[C@H](C(C)(C)C)NC(=O)O[C@@H]1CCC[C@H]1CCCCCc1c(nc3ccccc3c1OCCN1CCOCC1)O2)C(=O)NS(=O)(=O)N1CCC1. The molecule has 7 atom stereocenters. The molecule has 2 saturated carbocycles. The van der Waals surface area contributed by atoms with E-state index in [1.165, 1.54) is 15.3 Å². The van der Waals surface area contributed by atoms with E-state index in [1.54, 1.807) is 0 Å². The maximum absolute atomic E-state index is 15.0. The van der Waals surface area contributed by atoms with E-state index < -0.39 is 69.1 Å². The lowest BCUT2D eigenvalue weighted by Crippen LogP contribution is -2.61. The molecule has 1 aromatic heterocycles. The topological polar surface area (TPSA) is 198 Å². The molecule has 0 unspecified atom stereocenters. The van der Waals surface area contributed by atoms with E-state index in [9.17, 15) is 27.6 Å². The standard InChI is InChI=1S/C46H65N7O10S/c1-5-31-28-46(31,43(56)50-64(58,59)52-19-12-20-52)49-40(54)36-27-32-29-53(36)42(55)39(45(2,3)4)48-44(57)63-37-18-11-14-30(37)13-7-6-8-16-34-38(61-26-23-51-21-24-60-25-22-51)33-15-9-10-17-35(33)47-41(34)62-32/h5,9-10,15,17,30-32,36-37,39H,1,6-8,11-14,16,18-29H2,2-4H3,(H,48,57)(H,49,54)(H,50,56)/t30-,31-,32-,36+,37-,39-,46-/m1/s1. The Morgan fingerprint density at radius 1 is 1.02 bits per heavy atom. The molecule has 17 nitrogen and oxygen atoms in total. The van der Waals surface area contributed by atoms with Crippen LogP contribution in [0.5, 0.6) is 11.6 Å². The van der Waals surface area contributed by atoms with Crippen molar-refractivity contribution in [2.45, 2.75) is 121 Å². The van der Waals surface area contributed by atoms with Gasteiger partial charge in [-0.2, -0.15) is 12.7 Å². The summed E-state index contributed by atoms with van der Waals surface area (Å²) in [6.45, 7) is 14.1. The molecule has 2 aliphatic carbocycles. The Hall–Kier alpha value is -4.52. The molecule has 2 bridgehead atoms. The lowest BCUT2D eigenvalue weighted by atomic mass is 9.85. The van der Waals surface area contributed by atoms with Crippen LogP contribution in [0.1, 0.15) is 90.5 Å². The van der Waals surface area contributed by atoms with Crippen LogP contribution in [0.4, 0.5) is 4.79 Å². The second-order valence-corrected chi connectivity index (χ2v) is 21.1. The fourth-order valence-corrected chi connectivity index (χ4v) is 11.2. The third-order valence-electron chi connectivity index (χ3n) is 13.9. The van der Waals surface area contributed by atoms with Gasteiger partial charge >= 0.3 is 16.3 Å². The quantitative estimate of drug-likeness (QED) is 0.292. The van der Waals surface area contributed by atoms with Crippen molar-refractivity contribution >= 4 is 44.9 Å². The van der Waals surface area contributed by atoms with Gasteiger partial charge in [0.15, 0.2) is 0 Å². The van der Waals surface area contributed by atoms with Gasteiger partial charge in [-0.3, -0.25) is 19.3 Å². The van der Waals surface area contributed by atoms with Crippen molar-refractivity contribution in [1.29, 1.82) is 0 Å². The van der Waals surface area contributed by atoms with Crippen molar-refractivity contribution in [1.82, 2.24) is 34.4 Å². The molecule has 0 spiro atoms. The molecule has 3 saturated heterocycles. The number of pyridine rings is 1. The van der Waals surface area contributed by atoms with Gasteiger partial charge in [0, 0.05) is 50.4 Å². The average molecular weight is 908 g/mol. The highest BCUT2D eigenvalue weighted by Crippen LogP contribution is 2.46. The number of nitrogens with zero attached hydrogens (tertiary/aromatic N) is 4. The maximum Gasteiger partial charge on any atom is 0.408 e. The molecule has 64 heavy (non-hydrogen) atoms. The number of hydrogen-bond donors (Lipinski definition) is 3. The van der Waals surface area contributed by atoms with Gasteiger partial charge in [0.05, 0.1) is 30.8 Å². The van der Waals surface area contributed by atoms with Gasteiger partial charge in [-0.1, -0.05) is 51.8 Å². The Morgan fingerprint density at radius 3 is 2.50 bits per heavy atom. The monoisotopic (exact) mass is 907 g/mol. The summed E-state index contributed by atoms with van der Waals surface area (Å²) < 4.78 is 54.6. The van der Waals surface area contributed by atoms with Crippen molar-refractivity contribution in [2.75, 3.05) is 59.1 Å². The number of alkyl carbamates (subject to hydrolysis) is 1. The van der Waals surface area contributed by atoms with Crippen LogP contribution in [0.15, 0.2) is 36.9 Å². The smallest absolute Gasteiger partial charge is 0.408 e. The average Bonchev–Trinajstić information content (AvgIpc) is 3.51. The molecule has 2 aromatic rings. The summed E-state index contributed by atoms with van der Waals surface area (Å²) in [6.07, 6.45) is 7.51. The lowest BCUT2D eigenvalue weighted by molar-refractivity contribution is -0.143. The molecular formula is C46H65N7O10S. The first-order valence-electron chi connectivity index (χ1n) is 23.2. The number of amides is 4. The Balaban J connectivity index is 1.13. The molecule has 3 N–H and O–H groups in total. The Labute approximate surface area is 376 Å². The van der Waals surface area contributed by atoms with Gasteiger partial charge in [-0.25, -0.2) is 14.5 Å². The van der Waals surface area contributed by atoms with Crippen molar-refractivity contribution in [2.24, 2.45) is 17.3 Å². The molecule has 350 valence electrons. The number of fused-ring (bicyclic) bond motifs is 5. The Kier molecular flexibility index (Phi) is 13.8. The predicted octanol–water partition coefficient (Wildman–Crippen LogP) is 3.85. The second-order valence-electron chi connectivity index (χ2n) is 19.4. The van der Waals surface area contributed by atoms with Crippen LogP contribution < -0.4 is 24.8 Å². The van der Waals surface area contributed by atoms with E-state index in [2.05, 4.69) is 26.8 Å². The number of morpholine rings is 1. The van der Waals surface area contributed by atoms with Gasteiger partial charge in [-0.15, -0.1) is 6.58 Å². The summed E-state index contributed by atoms with van der Waals surface area (Å²) in [7, 11) is -4.12. The van der Waals surface area contributed by atoms with Crippen LogP contribution in [0, 0.1) is 17.3 Å². The minimum absolute atomic E-state index is 0.0202. The zero-order chi connectivity index (χ0) is 45.2. The van der Waals surface area contributed by atoms with Gasteiger partial charge in [0.2, 0.25) is 17.7 Å². The van der Waals surface area contributed by atoms with Crippen LogP contribution in [-0.2, 0) is 40.5 Å². The van der Waals surface area contributed by atoms with Gasteiger partial charge in [-0.05, 0) is 74.8 Å². The lowest BCUT2D eigenvalue weighted by Gasteiger charge is -2.36. The molecule has 6 aliphatic rings. The van der Waals surface area contributed by atoms with E-state index in [0.717, 1.165) is 75.5 Å². The highest BCUT2D eigenvalue weighted by Gasteiger charge is 2.62. The van der Waals surface area contributed by atoms with Gasteiger partial charge < -0.3 is 34.5 Å². The van der Waals surface area contributed by atoms with Gasteiger partial charge in [0.25, 0.3) is 5.91 Å². The second kappa shape index (κ2) is 19.1. The third kappa shape index (κ3) is 9.99. The van der Waals surface area contributed by atoms with Crippen molar-refractivity contribution in [3.05, 3.63) is 42.5 Å². The van der Waals surface area contributed by atoms with E-state index in [-0.39, 0.29) is 31.4 Å². The largest absolute Gasteiger partial charge is 0.491 e. The Bertz CT molecular complexity index is 2190. The third-order valence-corrected chi connectivity index (χ3v) is 15.4. The number of benzene rings is 1. The van der Waals surface area contributed by atoms with Crippen molar-refractivity contribution in [3.63, 3.8) is 0 Å². The number of nitrogens with one attached hydrogen (secondary N) is 3. The molecule has 5 fully saturated rings. The summed E-state index contributed by atoms with van der Waals surface area (Å²) in [5.41, 5.74) is -0.914. The van der Waals surface area contributed by atoms with Crippen LogP contribution in [0.3, 0.4) is 0 Å². The number of ether oxygens (including phenoxy) is 4. The number of rotatable bonds is 10. The molecule has 8 rings (SSSR count). The molecule has 0 radical (unpaired) electrons. The summed E-state index contributed by atoms with van der Waals surface area (Å²) in [6, 6.07) is 5.52. The summed E-state index contributed by atoms with van der Waals surface area (Å²) in [4.78, 5) is 66.0.